The topological polar surface area (TPSA) is 51.0 Å². The highest BCUT2D eigenvalue weighted by atomic mass is 32.2. The predicted octanol–water partition coefficient (Wildman–Crippen LogP) is 2.14. The lowest BCUT2D eigenvalue weighted by molar-refractivity contribution is 0.422. The average Bonchev–Trinajstić information content (AvgIpc) is 2.48. The molecule has 1 heterocycles. The summed E-state index contributed by atoms with van der Waals surface area (Å²) in [5.41, 5.74) is 0. The zero-order valence-electron chi connectivity index (χ0n) is 8.20. The molecule has 74 valence electrons. The van der Waals surface area contributed by atoms with Gasteiger partial charge in [0.2, 0.25) is 0 Å². The lowest BCUT2D eigenvalue weighted by Gasteiger charge is -2.01. The normalized spacial score (nSPS) is 10.8. The van der Waals surface area contributed by atoms with Gasteiger partial charge < -0.3 is 9.84 Å². The van der Waals surface area contributed by atoms with Crippen molar-refractivity contribution >= 4 is 17.8 Å². The molecule has 5 heteroatoms. The van der Waals surface area contributed by atoms with E-state index in [9.17, 15) is 0 Å². The summed E-state index contributed by atoms with van der Waals surface area (Å²) < 4.78 is 4.99. The van der Waals surface area contributed by atoms with E-state index in [0.29, 0.717) is 12.1 Å². The first kappa shape index (κ1) is 10.4. The van der Waals surface area contributed by atoms with Crippen molar-refractivity contribution in [2.24, 2.45) is 0 Å². The Morgan fingerprint density at radius 1 is 1.54 bits per heavy atom. The van der Waals surface area contributed by atoms with Crippen molar-refractivity contribution in [1.29, 1.82) is 0 Å². The van der Waals surface area contributed by atoms with Gasteiger partial charge in [0.25, 0.3) is 0 Å². The summed E-state index contributed by atoms with van der Waals surface area (Å²) in [4.78, 5) is 4.18. The van der Waals surface area contributed by atoms with E-state index in [0.717, 1.165) is 17.3 Å². The molecule has 0 atom stereocenters. The molecule has 0 amide bonds. The molecule has 1 rings (SSSR count). The minimum absolute atomic E-state index is 0.326. The number of rotatable bonds is 5. The number of anilines is 1. The van der Waals surface area contributed by atoms with Gasteiger partial charge in [-0.15, -0.1) is 0 Å². The van der Waals surface area contributed by atoms with Gasteiger partial charge >= 0.3 is 6.01 Å². The number of nitrogens with zero attached hydrogens (tertiary/aromatic N) is 2. The maximum absolute atomic E-state index is 4.99. The molecule has 0 spiro atoms. The van der Waals surface area contributed by atoms with Crippen LogP contribution in [0.15, 0.2) is 4.52 Å². The number of hydrogen-bond donors (Lipinski definition) is 1. The molecule has 0 radical (unpaired) electrons. The number of thioether (sulfide) groups is 1. The van der Waals surface area contributed by atoms with E-state index in [1.165, 1.54) is 0 Å². The summed E-state index contributed by atoms with van der Waals surface area (Å²) in [5.74, 6) is 2.65. The lowest BCUT2D eigenvalue weighted by atomic mass is 10.4. The first-order valence-electron chi connectivity index (χ1n) is 4.39. The molecule has 13 heavy (non-hydrogen) atoms. The van der Waals surface area contributed by atoms with Crippen LogP contribution < -0.4 is 5.32 Å². The fraction of sp³-hybridized carbons (Fsp3) is 0.750. The Morgan fingerprint density at radius 3 is 2.92 bits per heavy atom. The maximum Gasteiger partial charge on any atom is 0.321 e. The van der Waals surface area contributed by atoms with Gasteiger partial charge in [0.05, 0.1) is 5.75 Å². The van der Waals surface area contributed by atoms with E-state index in [1.807, 2.05) is 13.8 Å². The van der Waals surface area contributed by atoms with Crippen molar-refractivity contribution < 1.29 is 4.52 Å². The van der Waals surface area contributed by atoms with E-state index in [2.05, 4.69) is 22.4 Å². The second-order valence-electron chi connectivity index (χ2n) is 2.95. The molecule has 4 nitrogen and oxygen atoms in total. The Bertz CT molecular complexity index is 249. The molecular formula is C8H15N3OS. The third-order valence-electron chi connectivity index (χ3n) is 1.32. The minimum Gasteiger partial charge on any atom is -0.336 e. The maximum atomic E-state index is 4.99. The van der Waals surface area contributed by atoms with E-state index >= 15 is 0 Å². The van der Waals surface area contributed by atoms with Crippen LogP contribution in [-0.4, -0.2) is 21.9 Å². The third kappa shape index (κ3) is 3.67. The van der Waals surface area contributed by atoms with Crippen LogP contribution in [-0.2, 0) is 5.75 Å². The Labute approximate surface area is 82.5 Å². The second-order valence-corrected chi connectivity index (χ2v) is 4.23. The number of nitrogens with one attached hydrogen (secondary N) is 1. The molecule has 0 aliphatic carbocycles. The molecule has 1 N–H and O–H groups in total. The zero-order chi connectivity index (χ0) is 9.68. The van der Waals surface area contributed by atoms with Crippen molar-refractivity contribution in [1.82, 2.24) is 10.1 Å². The fourth-order valence-electron chi connectivity index (χ4n) is 0.812. The lowest BCUT2D eigenvalue weighted by Crippen LogP contribution is -2.09. The molecule has 0 bridgehead atoms. The van der Waals surface area contributed by atoms with Gasteiger partial charge in [0.15, 0.2) is 5.82 Å². The van der Waals surface area contributed by atoms with Crippen molar-refractivity contribution in [2.45, 2.75) is 32.6 Å². The van der Waals surface area contributed by atoms with Crippen molar-refractivity contribution in [2.75, 3.05) is 11.1 Å². The summed E-state index contributed by atoms with van der Waals surface area (Å²) in [6, 6.07) is 0.842. The molecule has 0 aliphatic rings. The summed E-state index contributed by atoms with van der Waals surface area (Å²) in [7, 11) is 0. The summed E-state index contributed by atoms with van der Waals surface area (Å²) in [6.07, 6.45) is 0. The van der Waals surface area contributed by atoms with Crippen LogP contribution in [0.25, 0.3) is 0 Å². The highest BCUT2D eigenvalue weighted by Gasteiger charge is 2.05. The number of aromatic nitrogens is 2. The Hall–Kier alpha value is -0.710. The molecule has 0 saturated heterocycles. The standard InChI is InChI=1S/C8H15N3OS/c1-4-13-5-7-10-8(12-11-7)9-6(2)3/h6H,4-5H2,1-3H3,(H,9,10,11). The first-order chi connectivity index (χ1) is 6.22. The summed E-state index contributed by atoms with van der Waals surface area (Å²) in [6.45, 7) is 6.17. The SMILES string of the molecule is CCSCc1noc(NC(C)C)n1. The van der Waals surface area contributed by atoms with Crippen LogP contribution in [0.3, 0.4) is 0 Å². The molecular weight excluding hydrogens is 186 g/mol. The van der Waals surface area contributed by atoms with Crippen molar-refractivity contribution in [3.63, 3.8) is 0 Å². The van der Waals surface area contributed by atoms with Gasteiger partial charge in [-0.1, -0.05) is 12.1 Å². The van der Waals surface area contributed by atoms with Gasteiger partial charge in [0, 0.05) is 6.04 Å². The van der Waals surface area contributed by atoms with E-state index < -0.39 is 0 Å². The van der Waals surface area contributed by atoms with Crippen molar-refractivity contribution in [3.05, 3.63) is 5.82 Å². The zero-order valence-corrected chi connectivity index (χ0v) is 9.02. The van der Waals surface area contributed by atoms with Gasteiger partial charge in [-0.2, -0.15) is 16.7 Å². The fourth-order valence-corrected chi connectivity index (χ4v) is 1.32. The van der Waals surface area contributed by atoms with Crippen LogP contribution in [0.4, 0.5) is 6.01 Å². The minimum atomic E-state index is 0.326. The van der Waals surface area contributed by atoms with Crippen LogP contribution in [0.2, 0.25) is 0 Å². The highest BCUT2D eigenvalue weighted by molar-refractivity contribution is 7.98. The Balaban J connectivity index is 2.44. The van der Waals surface area contributed by atoms with Crippen LogP contribution in [0.5, 0.6) is 0 Å². The van der Waals surface area contributed by atoms with E-state index in [4.69, 9.17) is 4.52 Å². The first-order valence-corrected chi connectivity index (χ1v) is 5.54. The molecule has 1 aromatic rings. The van der Waals surface area contributed by atoms with Crippen LogP contribution in [0.1, 0.15) is 26.6 Å². The Morgan fingerprint density at radius 2 is 2.31 bits per heavy atom. The van der Waals surface area contributed by atoms with Gasteiger partial charge in [-0.25, -0.2) is 0 Å². The highest BCUT2D eigenvalue weighted by Crippen LogP contribution is 2.11. The quantitative estimate of drug-likeness (QED) is 0.791. The van der Waals surface area contributed by atoms with E-state index in [1.54, 1.807) is 11.8 Å². The molecule has 0 fully saturated rings. The summed E-state index contributed by atoms with van der Waals surface area (Å²) in [5, 5.41) is 6.89. The van der Waals surface area contributed by atoms with Crippen LogP contribution >= 0.6 is 11.8 Å². The summed E-state index contributed by atoms with van der Waals surface area (Å²) >= 11 is 1.78. The molecule has 0 unspecified atom stereocenters. The second kappa shape index (κ2) is 5.11. The van der Waals surface area contributed by atoms with E-state index in [-0.39, 0.29) is 0 Å². The van der Waals surface area contributed by atoms with Crippen molar-refractivity contribution in [3.8, 4) is 0 Å². The predicted molar refractivity (Wildman–Crippen MR) is 54.9 cm³/mol. The van der Waals surface area contributed by atoms with Gasteiger partial charge in [0.1, 0.15) is 0 Å². The monoisotopic (exact) mass is 201 g/mol. The third-order valence-corrected chi connectivity index (χ3v) is 2.19. The molecule has 1 aromatic heterocycles. The van der Waals surface area contributed by atoms with Gasteiger partial charge in [-0.3, -0.25) is 0 Å². The smallest absolute Gasteiger partial charge is 0.321 e. The molecule has 0 saturated carbocycles. The number of hydrogen-bond acceptors (Lipinski definition) is 5. The average molecular weight is 201 g/mol. The largest absolute Gasteiger partial charge is 0.336 e. The van der Waals surface area contributed by atoms with Gasteiger partial charge in [-0.05, 0) is 19.6 Å². The Kier molecular flexibility index (Phi) is 4.08. The molecule has 0 aromatic carbocycles. The van der Waals surface area contributed by atoms with Crippen LogP contribution in [0, 0.1) is 0 Å². The molecule has 0 aliphatic heterocycles.